The summed E-state index contributed by atoms with van der Waals surface area (Å²) >= 11 is 0. The van der Waals surface area contributed by atoms with E-state index >= 15 is 0 Å². The molecule has 0 aliphatic heterocycles. The standard InChI is InChI=1S/C15H11FN/c1-10-2-3-12-9-15(17-14(12)8-10)11-4-6-13(16)7-5-11/h3-9,17H,1H3. The zero-order chi connectivity index (χ0) is 11.8. The lowest BCUT2D eigenvalue weighted by atomic mass is 10.1. The molecule has 0 fully saturated rings. The number of H-pyrrole nitrogens is 1. The van der Waals surface area contributed by atoms with Crippen LogP contribution in [0.5, 0.6) is 0 Å². The Morgan fingerprint density at radius 1 is 1.12 bits per heavy atom. The van der Waals surface area contributed by atoms with Crippen LogP contribution in [0.25, 0.3) is 22.2 Å². The van der Waals surface area contributed by atoms with Gasteiger partial charge in [-0.05, 0) is 66.6 Å². The molecule has 3 aromatic rings. The third kappa shape index (κ3) is 1.82. The van der Waals surface area contributed by atoms with Crippen LogP contribution in [-0.2, 0) is 0 Å². The fourth-order valence-corrected chi connectivity index (χ4v) is 1.96. The third-order valence-electron chi connectivity index (χ3n) is 2.85. The molecule has 0 amide bonds. The summed E-state index contributed by atoms with van der Waals surface area (Å²) in [4.78, 5) is 3.33. The first-order valence-corrected chi connectivity index (χ1v) is 5.49. The van der Waals surface area contributed by atoms with Crippen molar-refractivity contribution in [2.75, 3.05) is 0 Å². The molecular weight excluding hydrogens is 213 g/mol. The Labute approximate surface area is 98.9 Å². The Bertz CT molecular complexity index is 665. The van der Waals surface area contributed by atoms with Crippen LogP contribution in [0.2, 0.25) is 0 Å². The highest BCUT2D eigenvalue weighted by atomic mass is 19.1. The van der Waals surface area contributed by atoms with E-state index in [1.165, 1.54) is 12.1 Å². The first-order chi connectivity index (χ1) is 8.22. The van der Waals surface area contributed by atoms with Gasteiger partial charge in [-0.25, -0.2) is 4.39 Å². The number of aryl methyl sites for hydroxylation is 1. The molecular formula is C15H11FN. The topological polar surface area (TPSA) is 15.8 Å². The summed E-state index contributed by atoms with van der Waals surface area (Å²) in [7, 11) is 0. The number of hydrogen-bond acceptors (Lipinski definition) is 0. The molecule has 83 valence electrons. The molecule has 0 atom stereocenters. The van der Waals surface area contributed by atoms with Gasteiger partial charge in [-0.1, -0.05) is 0 Å². The first kappa shape index (κ1) is 10.1. The maximum atomic E-state index is 12.8. The van der Waals surface area contributed by atoms with Crippen molar-refractivity contribution in [1.29, 1.82) is 0 Å². The van der Waals surface area contributed by atoms with Crippen LogP contribution in [0.3, 0.4) is 0 Å². The Morgan fingerprint density at radius 2 is 1.88 bits per heavy atom. The van der Waals surface area contributed by atoms with Crippen molar-refractivity contribution in [2.45, 2.75) is 6.92 Å². The monoisotopic (exact) mass is 224 g/mol. The molecule has 2 heteroatoms. The van der Waals surface area contributed by atoms with E-state index in [1.54, 1.807) is 12.1 Å². The van der Waals surface area contributed by atoms with Crippen molar-refractivity contribution in [2.24, 2.45) is 0 Å². The second kappa shape index (κ2) is 3.74. The molecule has 1 aromatic heterocycles. The van der Waals surface area contributed by atoms with E-state index in [1.807, 2.05) is 13.0 Å². The molecule has 0 saturated heterocycles. The fourth-order valence-electron chi connectivity index (χ4n) is 1.96. The average molecular weight is 224 g/mol. The van der Waals surface area contributed by atoms with Crippen molar-refractivity contribution in [3.05, 3.63) is 59.9 Å². The minimum Gasteiger partial charge on any atom is -0.355 e. The van der Waals surface area contributed by atoms with E-state index in [0.717, 1.165) is 27.7 Å². The van der Waals surface area contributed by atoms with Crippen molar-refractivity contribution in [3.63, 3.8) is 0 Å². The average Bonchev–Trinajstić information content (AvgIpc) is 2.72. The SMILES string of the molecule is Cc1[c]cc2cc(-c3ccc(F)cc3)[nH]c2c1. The molecule has 17 heavy (non-hydrogen) atoms. The predicted molar refractivity (Wildman–Crippen MR) is 67.3 cm³/mol. The lowest BCUT2D eigenvalue weighted by Crippen LogP contribution is -1.78. The molecule has 1 nitrogen and oxygen atoms in total. The zero-order valence-corrected chi connectivity index (χ0v) is 9.42. The molecule has 0 saturated carbocycles. The largest absolute Gasteiger partial charge is 0.355 e. The van der Waals surface area contributed by atoms with Crippen LogP contribution in [0.15, 0.2) is 42.5 Å². The summed E-state index contributed by atoms with van der Waals surface area (Å²) in [5.41, 5.74) is 4.17. The fraction of sp³-hybridized carbons (Fsp3) is 0.0667. The van der Waals surface area contributed by atoms with Crippen LogP contribution in [0.4, 0.5) is 4.39 Å². The van der Waals surface area contributed by atoms with E-state index < -0.39 is 0 Å². The predicted octanol–water partition coefficient (Wildman–Crippen LogP) is 4.08. The van der Waals surface area contributed by atoms with Gasteiger partial charge in [-0.15, -0.1) is 0 Å². The van der Waals surface area contributed by atoms with Crippen LogP contribution in [0, 0.1) is 18.8 Å². The number of benzene rings is 2. The maximum Gasteiger partial charge on any atom is 0.123 e. The van der Waals surface area contributed by atoms with E-state index in [9.17, 15) is 4.39 Å². The van der Waals surface area contributed by atoms with Crippen LogP contribution in [-0.4, -0.2) is 4.98 Å². The molecule has 3 rings (SSSR count). The Hall–Kier alpha value is -2.09. The van der Waals surface area contributed by atoms with Crippen LogP contribution >= 0.6 is 0 Å². The van der Waals surface area contributed by atoms with Crippen molar-refractivity contribution in [1.82, 2.24) is 4.98 Å². The molecule has 0 bridgehead atoms. The molecule has 0 spiro atoms. The van der Waals surface area contributed by atoms with Crippen LogP contribution in [0.1, 0.15) is 5.56 Å². The smallest absolute Gasteiger partial charge is 0.123 e. The van der Waals surface area contributed by atoms with Gasteiger partial charge in [0, 0.05) is 16.6 Å². The van der Waals surface area contributed by atoms with E-state index in [0.29, 0.717) is 0 Å². The van der Waals surface area contributed by atoms with E-state index in [-0.39, 0.29) is 5.82 Å². The summed E-state index contributed by atoms with van der Waals surface area (Å²) < 4.78 is 12.8. The van der Waals surface area contributed by atoms with Crippen molar-refractivity contribution < 1.29 is 4.39 Å². The molecule has 0 aliphatic carbocycles. The summed E-state index contributed by atoms with van der Waals surface area (Å²) in [5.74, 6) is -0.214. The van der Waals surface area contributed by atoms with Gasteiger partial charge in [0.1, 0.15) is 5.82 Å². The highest BCUT2D eigenvalue weighted by Crippen LogP contribution is 2.24. The summed E-state index contributed by atoms with van der Waals surface area (Å²) in [6.45, 7) is 2.01. The van der Waals surface area contributed by atoms with Crippen LogP contribution < -0.4 is 0 Å². The number of aromatic nitrogens is 1. The molecule has 0 aliphatic rings. The normalized spacial score (nSPS) is 10.9. The third-order valence-corrected chi connectivity index (χ3v) is 2.85. The number of aromatic amines is 1. The van der Waals surface area contributed by atoms with Gasteiger partial charge >= 0.3 is 0 Å². The minimum atomic E-state index is -0.214. The maximum absolute atomic E-state index is 12.8. The number of rotatable bonds is 1. The second-order valence-corrected chi connectivity index (χ2v) is 4.17. The van der Waals surface area contributed by atoms with Gasteiger partial charge in [0.15, 0.2) is 0 Å². The van der Waals surface area contributed by atoms with Gasteiger partial charge in [0.25, 0.3) is 0 Å². The van der Waals surface area contributed by atoms with Gasteiger partial charge in [-0.2, -0.15) is 0 Å². The van der Waals surface area contributed by atoms with E-state index in [2.05, 4.69) is 23.2 Å². The minimum absolute atomic E-state index is 0.214. The summed E-state index contributed by atoms with van der Waals surface area (Å²) in [6.07, 6.45) is 0. The van der Waals surface area contributed by atoms with E-state index in [4.69, 9.17) is 0 Å². The van der Waals surface area contributed by atoms with Gasteiger partial charge in [0.05, 0.1) is 0 Å². The lowest BCUT2D eigenvalue weighted by Gasteiger charge is -1.96. The highest BCUT2D eigenvalue weighted by molar-refractivity contribution is 5.86. The lowest BCUT2D eigenvalue weighted by molar-refractivity contribution is 0.628. The molecule has 2 aromatic carbocycles. The summed E-state index contributed by atoms with van der Waals surface area (Å²) in [6, 6.07) is 15.7. The summed E-state index contributed by atoms with van der Waals surface area (Å²) in [5, 5.41) is 1.12. The highest BCUT2D eigenvalue weighted by Gasteiger charge is 2.03. The number of fused-ring (bicyclic) bond motifs is 1. The quantitative estimate of drug-likeness (QED) is 0.641. The molecule has 1 N–H and O–H groups in total. The Balaban J connectivity index is 2.14. The second-order valence-electron chi connectivity index (χ2n) is 4.17. The van der Waals surface area contributed by atoms with Crippen molar-refractivity contribution >= 4 is 10.9 Å². The molecule has 1 radical (unpaired) electrons. The number of halogens is 1. The number of hydrogen-bond donors (Lipinski definition) is 1. The van der Waals surface area contributed by atoms with Gasteiger partial charge in [0.2, 0.25) is 0 Å². The van der Waals surface area contributed by atoms with Gasteiger partial charge < -0.3 is 4.98 Å². The first-order valence-electron chi connectivity index (χ1n) is 5.49. The molecule has 1 heterocycles. The van der Waals surface area contributed by atoms with Gasteiger partial charge in [-0.3, -0.25) is 0 Å². The Kier molecular flexibility index (Phi) is 2.22. The zero-order valence-electron chi connectivity index (χ0n) is 9.42. The van der Waals surface area contributed by atoms with Crippen molar-refractivity contribution in [3.8, 4) is 11.3 Å². The Morgan fingerprint density at radius 3 is 2.65 bits per heavy atom. The molecule has 0 unspecified atom stereocenters. The number of nitrogens with one attached hydrogen (secondary N) is 1.